The monoisotopic (exact) mass is 192 g/mol. The minimum atomic E-state index is -0.0412. The first kappa shape index (κ1) is 9.44. The predicted molar refractivity (Wildman–Crippen MR) is 56.1 cm³/mol. The molecule has 3 nitrogen and oxygen atoms in total. The fourth-order valence-corrected chi connectivity index (χ4v) is 2.48. The molecular weight excluding hydrogens is 176 g/mol. The van der Waals surface area contributed by atoms with Crippen molar-refractivity contribution in [3.05, 3.63) is 12.7 Å². The van der Waals surface area contributed by atoms with Gasteiger partial charge in [-0.3, -0.25) is 4.79 Å². The van der Waals surface area contributed by atoms with Gasteiger partial charge >= 0.3 is 0 Å². The van der Waals surface area contributed by atoms with Crippen LogP contribution < -0.4 is 5.43 Å². The van der Waals surface area contributed by atoms with Crippen molar-refractivity contribution in [1.29, 1.82) is 0 Å². The van der Waals surface area contributed by atoms with Gasteiger partial charge < -0.3 is 5.43 Å². The molecule has 1 heterocycles. The Bertz CT molecular complexity index is 317. The Morgan fingerprint density at radius 2 is 2.36 bits per heavy atom. The van der Waals surface area contributed by atoms with E-state index >= 15 is 0 Å². The molecule has 0 saturated heterocycles. The van der Waals surface area contributed by atoms with Crippen molar-refractivity contribution in [1.82, 2.24) is 5.43 Å². The zero-order valence-electron chi connectivity index (χ0n) is 8.71. The molecule has 1 fully saturated rings. The van der Waals surface area contributed by atoms with Gasteiger partial charge in [0.25, 0.3) is 0 Å². The van der Waals surface area contributed by atoms with E-state index in [-0.39, 0.29) is 17.4 Å². The van der Waals surface area contributed by atoms with E-state index in [1.165, 1.54) is 0 Å². The second-order valence-electron chi connectivity index (χ2n) is 4.97. The highest BCUT2D eigenvalue weighted by Crippen LogP contribution is 2.38. The third kappa shape index (κ3) is 1.37. The van der Waals surface area contributed by atoms with Gasteiger partial charge in [0.1, 0.15) is 5.78 Å². The number of carbonyl (C=O) groups is 1. The number of nitrogens with zero attached hydrogens (tertiary/aromatic N) is 1. The number of fused-ring (bicyclic) bond motifs is 1. The van der Waals surface area contributed by atoms with E-state index in [4.69, 9.17) is 0 Å². The van der Waals surface area contributed by atoms with E-state index in [2.05, 4.69) is 31.0 Å². The summed E-state index contributed by atoms with van der Waals surface area (Å²) < 4.78 is 0. The van der Waals surface area contributed by atoms with Crippen LogP contribution in [0.3, 0.4) is 0 Å². The van der Waals surface area contributed by atoms with Gasteiger partial charge in [-0.15, -0.1) is 0 Å². The molecule has 76 valence electrons. The van der Waals surface area contributed by atoms with Gasteiger partial charge in [-0.05, 0) is 17.9 Å². The number of nitrogens with one attached hydrogen (secondary N) is 1. The van der Waals surface area contributed by atoms with Crippen LogP contribution in [-0.4, -0.2) is 17.5 Å². The number of hydrazone groups is 1. The van der Waals surface area contributed by atoms with Crippen LogP contribution in [0, 0.1) is 11.3 Å². The molecule has 0 radical (unpaired) electrons. The molecule has 3 heteroatoms. The highest BCUT2D eigenvalue weighted by Gasteiger charge is 2.44. The topological polar surface area (TPSA) is 41.5 Å². The van der Waals surface area contributed by atoms with Crippen molar-refractivity contribution in [2.24, 2.45) is 16.4 Å². The van der Waals surface area contributed by atoms with E-state index in [9.17, 15) is 4.79 Å². The molecule has 2 rings (SSSR count). The summed E-state index contributed by atoms with van der Waals surface area (Å²) in [6.45, 7) is 7.95. The van der Waals surface area contributed by atoms with Gasteiger partial charge in [-0.2, -0.15) is 5.10 Å². The molecule has 0 amide bonds. The number of hydrogen-bond acceptors (Lipinski definition) is 3. The lowest BCUT2D eigenvalue weighted by molar-refractivity contribution is -0.126. The fraction of sp³-hybridized carbons (Fsp3) is 0.636. The molecule has 1 aliphatic carbocycles. The minimum Gasteiger partial charge on any atom is -0.306 e. The highest BCUT2D eigenvalue weighted by atomic mass is 16.1. The van der Waals surface area contributed by atoms with Crippen LogP contribution in [0.25, 0.3) is 0 Å². The first-order chi connectivity index (χ1) is 6.53. The van der Waals surface area contributed by atoms with Gasteiger partial charge in [0, 0.05) is 6.42 Å². The lowest BCUT2D eigenvalue weighted by Gasteiger charge is -2.35. The Morgan fingerprint density at radius 1 is 1.64 bits per heavy atom. The van der Waals surface area contributed by atoms with Crippen molar-refractivity contribution >= 4 is 11.5 Å². The standard InChI is InChI=1S/C11H16N2O/c1-4-7-10-8(13-12-7)5-11(2,3)6-9(10)14/h4,8,10,13H,1,5-6H2,2-3H3/t8-,10-/m0/s1. The van der Waals surface area contributed by atoms with Gasteiger partial charge in [-0.25, -0.2) is 0 Å². The number of rotatable bonds is 1. The second-order valence-corrected chi connectivity index (χ2v) is 4.97. The quantitative estimate of drug-likeness (QED) is 0.684. The summed E-state index contributed by atoms with van der Waals surface area (Å²) in [6, 6.07) is 0.194. The van der Waals surface area contributed by atoms with E-state index in [0.29, 0.717) is 12.2 Å². The van der Waals surface area contributed by atoms with Crippen LogP contribution in [0.1, 0.15) is 26.7 Å². The first-order valence-corrected chi connectivity index (χ1v) is 5.02. The summed E-state index contributed by atoms with van der Waals surface area (Å²) in [4.78, 5) is 11.9. The van der Waals surface area contributed by atoms with Crippen LogP contribution in [0.2, 0.25) is 0 Å². The molecule has 0 spiro atoms. The summed E-state index contributed by atoms with van der Waals surface area (Å²) in [6.07, 6.45) is 3.35. The van der Waals surface area contributed by atoms with Gasteiger partial charge in [0.2, 0.25) is 0 Å². The van der Waals surface area contributed by atoms with Crippen LogP contribution >= 0.6 is 0 Å². The average molecular weight is 192 g/mol. The van der Waals surface area contributed by atoms with Gasteiger partial charge in [0.15, 0.2) is 0 Å². The molecule has 1 saturated carbocycles. The van der Waals surface area contributed by atoms with Crippen molar-refractivity contribution in [2.45, 2.75) is 32.7 Å². The van der Waals surface area contributed by atoms with Crippen molar-refractivity contribution in [3.8, 4) is 0 Å². The van der Waals surface area contributed by atoms with Crippen molar-refractivity contribution in [3.63, 3.8) is 0 Å². The molecule has 0 aromatic rings. The molecule has 0 bridgehead atoms. The van der Waals surface area contributed by atoms with E-state index < -0.39 is 0 Å². The van der Waals surface area contributed by atoms with E-state index in [1.807, 2.05) is 0 Å². The van der Waals surface area contributed by atoms with Crippen molar-refractivity contribution < 1.29 is 4.79 Å². The van der Waals surface area contributed by atoms with Gasteiger partial charge in [0.05, 0.1) is 17.7 Å². The Balaban J connectivity index is 2.24. The molecular formula is C11H16N2O. The minimum absolute atomic E-state index is 0.0412. The number of allylic oxidation sites excluding steroid dienone is 1. The van der Waals surface area contributed by atoms with Crippen LogP contribution in [0.5, 0.6) is 0 Å². The maximum atomic E-state index is 11.9. The summed E-state index contributed by atoms with van der Waals surface area (Å²) in [5.74, 6) is 0.260. The Morgan fingerprint density at radius 3 is 3.00 bits per heavy atom. The summed E-state index contributed by atoms with van der Waals surface area (Å²) in [5.41, 5.74) is 3.97. The van der Waals surface area contributed by atoms with E-state index in [1.54, 1.807) is 6.08 Å². The summed E-state index contributed by atoms with van der Waals surface area (Å²) in [7, 11) is 0. The molecule has 0 unspecified atom stereocenters. The number of hydrogen-bond donors (Lipinski definition) is 1. The second kappa shape index (κ2) is 2.94. The number of ketones is 1. The lowest BCUT2D eigenvalue weighted by atomic mass is 9.69. The molecule has 0 aromatic carbocycles. The smallest absolute Gasteiger partial charge is 0.144 e. The van der Waals surface area contributed by atoms with Crippen molar-refractivity contribution in [2.75, 3.05) is 0 Å². The fourth-order valence-electron chi connectivity index (χ4n) is 2.48. The number of Topliss-reactive ketones (excluding diaryl/α,β-unsaturated/α-hetero) is 1. The Kier molecular flexibility index (Phi) is 1.98. The Labute approximate surface area is 84.3 Å². The average Bonchev–Trinajstić information content (AvgIpc) is 2.44. The van der Waals surface area contributed by atoms with Crippen LogP contribution in [0.4, 0.5) is 0 Å². The van der Waals surface area contributed by atoms with E-state index in [0.717, 1.165) is 12.1 Å². The molecule has 14 heavy (non-hydrogen) atoms. The zero-order valence-corrected chi connectivity index (χ0v) is 8.71. The molecule has 2 aliphatic rings. The third-order valence-corrected chi connectivity index (χ3v) is 3.06. The molecule has 2 atom stereocenters. The third-order valence-electron chi connectivity index (χ3n) is 3.06. The van der Waals surface area contributed by atoms with Crippen LogP contribution in [-0.2, 0) is 4.79 Å². The maximum absolute atomic E-state index is 11.9. The molecule has 1 N–H and O–H groups in total. The molecule has 0 aromatic heterocycles. The molecule has 1 aliphatic heterocycles. The lowest BCUT2D eigenvalue weighted by Crippen LogP contribution is -2.45. The predicted octanol–water partition coefficient (Wildman–Crippen LogP) is 1.51. The van der Waals surface area contributed by atoms with Crippen LogP contribution in [0.15, 0.2) is 17.8 Å². The number of carbonyl (C=O) groups excluding carboxylic acids is 1. The summed E-state index contributed by atoms with van der Waals surface area (Å²) in [5, 5.41) is 4.14. The SMILES string of the molecule is C=CC1=NN[C@H]2CC(C)(C)CC(=O)[C@@H]12. The highest BCUT2D eigenvalue weighted by molar-refractivity contribution is 6.12. The zero-order chi connectivity index (χ0) is 10.3. The summed E-state index contributed by atoms with van der Waals surface area (Å²) >= 11 is 0. The normalized spacial score (nSPS) is 34.4. The largest absolute Gasteiger partial charge is 0.306 e. The van der Waals surface area contributed by atoms with Gasteiger partial charge in [-0.1, -0.05) is 20.4 Å². The maximum Gasteiger partial charge on any atom is 0.144 e. The Hall–Kier alpha value is -1.12. The first-order valence-electron chi connectivity index (χ1n) is 5.02.